The van der Waals surface area contributed by atoms with Crippen molar-refractivity contribution in [3.05, 3.63) is 16.1 Å². The third-order valence-corrected chi connectivity index (χ3v) is 4.23. The predicted octanol–water partition coefficient (Wildman–Crippen LogP) is 2.83. The zero-order valence-electron chi connectivity index (χ0n) is 9.82. The van der Waals surface area contributed by atoms with E-state index in [0.717, 1.165) is 43.1 Å². The Labute approximate surface area is 111 Å². The number of hydrogen-bond acceptors (Lipinski definition) is 3. The molecule has 0 aliphatic carbocycles. The third-order valence-electron chi connectivity index (χ3n) is 3.00. The Morgan fingerprint density at radius 2 is 2.29 bits per heavy atom. The van der Waals surface area contributed by atoms with Crippen LogP contribution in [0.3, 0.4) is 0 Å². The molecule has 0 atom stereocenters. The molecule has 0 unspecified atom stereocenters. The number of alkyl halides is 1. The average molecular weight is 273 g/mol. The van der Waals surface area contributed by atoms with Gasteiger partial charge in [0.1, 0.15) is 0 Å². The summed E-state index contributed by atoms with van der Waals surface area (Å²) in [6, 6.07) is 0. The van der Waals surface area contributed by atoms with Crippen LogP contribution in [0.5, 0.6) is 0 Å². The number of hydrogen-bond donors (Lipinski definition) is 0. The Morgan fingerprint density at radius 1 is 1.41 bits per heavy atom. The third kappa shape index (κ3) is 3.68. The van der Waals surface area contributed by atoms with E-state index in [1.54, 1.807) is 11.3 Å². The van der Waals surface area contributed by atoms with Crippen LogP contribution in [0.15, 0.2) is 5.38 Å². The van der Waals surface area contributed by atoms with Gasteiger partial charge in [-0.3, -0.25) is 4.79 Å². The maximum Gasteiger partial charge on any atom is 0.222 e. The summed E-state index contributed by atoms with van der Waals surface area (Å²) in [6.45, 7) is 1.71. The van der Waals surface area contributed by atoms with Crippen molar-refractivity contribution in [2.75, 3.05) is 13.1 Å². The normalized spacial score (nSPS) is 17.2. The first-order valence-electron chi connectivity index (χ1n) is 6.06. The smallest absolute Gasteiger partial charge is 0.222 e. The number of carbonyl (C=O) groups excluding carboxylic acids is 1. The number of likely N-dealkylation sites (tertiary alicyclic amines) is 1. The summed E-state index contributed by atoms with van der Waals surface area (Å²) in [6.07, 6.45) is 4.92. The van der Waals surface area contributed by atoms with Crippen molar-refractivity contribution >= 4 is 28.8 Å². The highest BCUT2D eigenvalue weighted by Gasteiger charge is 2.16. The second kappa shape index (κ2) is 6.36. The van der Waals surface area contributed by atoms with E-state index in [1.165, 1.54) is 6.42 Å². The van der Waals surface area contributed by atoms with Gasteiger partial charge in [-0.1, -0.05) is 6.42 Å². The maximum absolute atomic E-state index is 11.8. The molecule has 17 heavy (non-hydrogen) atoms. The Balaban J connectivity index is 1.85. The van der Waals surface area contributed by atoms with Gasteiger partial charge in [0.2, 0.25) is 5.91 Å². The number of carbonyl (C=O) groups is 1. The van der Waals surface area contributed by atoms with Gasteiger partial charge in [-0.2, -0.15) is 0 Å². The monoisotopic (exact) mass is 272 g/mol. The fourth-order valence-electron chi connectivity index (χ4n) is 2.03. The lowest BCUT2D eigenvalue weighted by atomic mass is 10.2. The van der Waals surface area contributed by atoms with Crippen LogP contribution >= 0.6 is 22.9 Å². The molecule has 1 aliphatic rings. The molecule has 1 aromatic rings. The molecule has 2 heterocycles. The van der Waals surface area contributed by atoms with Crippen molar-refractivity contribution in [1.29, 1.82) is 0 Å². The van der Waals surface area contributed by atoms with Gasteiger partial charge in [0.25, 0.3) is 0 Å². The van der Waals surface area contributed by atoms with Crippen molar-refractivity contribution < 1.29 is 4.79 Å². The summed E-state index contributed by atoms with van der Waals surface area (Å²) in [5.74, 6) is 0.774. The van der Waals surface area contributed by atoms with E-state index < -0.39 is 0 Å². The van der Waals surface area contributed by atoms with Gasteiger partial charge in [0.05, 0.1) is 16.6 Å². The zero-order chi connectivity index (χ0) is 12.1. The quantitative estimate of drug-likeness (QED) is 0.790. The highest BCUT2D eigenvalue weighted by atomic mass is 35.5. The minimum atomic E-state index is 0.302. The highest BCUT2D eigenvalue weighted by Crippen LogP contribution is 2.15. The summed E-state index contributed by atoms with van der Waals surface area (Å²) in [4.78, 5) is 18.2. The second-order valence-electron chi connectivity index (χ2n) is 4.31. The number of nitrogens with zero attached hydrogens (tertiary/aromatic N) is 2. The van der Waals surface area contributed by atoms with Crippen LogP contribution in [0.4, 0.5) is 0 Å². The first kappa shape index (κ1) is 12.8. The zero-order valence-corrected chi connectivity index (χ0v) is 11.4. The molecule has 3 nitrogen and oxygen atoms in total. The summed E-state index contributed by atoms with van der Waals surface area (Å²) in [5.41, 5.74) is 0.939. The lowest BCUT2D eigenvalue weighted by Gasteiger charge is -2.19. The number of rotatable bonds is 4. The van der Waals surface area contributed by atoms with Crippen LogP contribution < -0.4 is 0 Å². The van der Waals surface area contributed by atoms with Gasteiger partial charge in [0, 0.05) is 31.3 Å². The van der Waals surface area contributed by atoms with Crippen molar-refractivity contribution in [2.45, 2.75) is 38.0 Å². The van der Waals surface area contributed by atoms with E-state index in [-0.39, 0.29) is 0 Å². The van der Waals surface area contributed by atoms with Gasteiger partial charge in [0.15, 0.2) is 0 Å². The molecule has 0 aromatic carbocycles. The van der Waals surface area contributed by atoms with Crippen molar-refractivity contribution in [1.82, 2.24) is 9.88 Å². The van der Waals surface area contributed by atoms with Gasteiger partial charge in [-0.15, -0.1) is 22.9 Å². The molecule has 1 saturated heterocycles. The summed E-state index contributed by atoms with van der Waals surface area (Å²) >= 11 is 7.35. The fraction of sp³-hybridized carbons (Fsp3) is 0.667. The Morgan fingerprint density at radius 3 is 3.06 bits per heavy atom. The average Bonchev–Trinajstić information content (AvgIpc) is 2.70. The summed E-state index contributed by atoms with van der Waals surface area (Å²) < 4.78 is 0. The molecule has 2 rings (SSSR count). The molecule has 0 saturated carbocycles. The molecular weight excluding hydrogens is 256 g/mol. The van der Waals surface area contributed by atoms with Crippen LogP contribution in [0.25, 0.3) is 0 Å². The van der Waals surface area contributed by atoms with Crippen LogP contribution in [0.1, 0.15) is 36.4 Å². The molecule has 1 aromatic heterocycles. The predicted molar refractivity (Wildman–Crippen MR) is 70.4 cm³/mol. The second-order valence-corrected chi connectivity index (χ2v) is 5.52. The van der Waals surface area contributed by atoms with Gasteiger partial charge in [-0.05, 0) is 12.8 Å². The molecule has 0 spiro atoms. The van der Waals surface area contributed by atoms with Crippen molar-refractivity contribution in [3.8, 4) is 0 Å². The molecule has 1 aliphatic heterocycles. The largest absolute Gasteiger partial charge is 0.342 e. The molecule has 0 bridgehead atoms. The number of halogens is 1. The molecule has 0 N–H and O–H groups in total. The molecule has 5 heteroatoms. The molecule has 1 amide bonds. The van der Waals surface area contributed by atoms with Gasteiger partial charge in [-0.25, -0.2) is 4.98 Å². The first-order chi connectivity index (χ1) is 8.29. The Bertz CT molecular complexity index is 380. The van der Waals surface area contributed by atoms with Crippen LogP contribution in [-0.2, 0) is 17.1 Å². The molecular formula is C12H17ClN2OS. The van der Waals surface area contributed by atoms with Gasteiger partial charge < -0.3 is 4.90 Å². The van der Waals surface area contributed by atoms with E-state index in [1.807, 2.05) is 10.3 Å². The minimum absolute atomic E-state index is 0.302. The lowest BCUT2D eigenvalue weighted by molar-refractivity contribution is -0.130. The van der Waals surface area contributed by atoms with E-state index in [0.29, 0.717) is 18.2 Å². The van der Waals surface area contributed by atoms with Crippen molar-refractivity contribution in [2.24, 2.45) is 0 Å². The van der Waals surface area contributed by atoms with Crippen LogP contribution in [0.2, 0.25) is 0 Å². The fourth-order valence-corrected chi connectivity index (χ4v) is 3.05. The van der Waals surface area contributed by atoms with Gasteiger partial charge >= 0.3 is 0 Å². The summed E-state index contributed by atoms with van der Waals surface area (Å²) in [7, 11) is 0. The number of aromatic nitrogens is 1. The Hall–Kier alpha value is -0.610. The Kier molecular flexibility index (Phi) is 4.80. The molecule has 94 valence electrons. The standard InChI is InChI=1S/C12H17ClN2OS/c13-8-10-9-17-11(14-10)5-7-15-6-3-1-2-4-12(15)16/h9H,1-8H2. The van der Waals surface area contributed by atoms with E-state index in [4.69, 9.17) is 11.6 Å². The molecule has 0 radical (unpaired) electrons. The van der Waals surface area contributed by atoms with E-state index in [2.05, 4.69) is 4.98 Å². The molecule has 1 fully saturated rings. The van der Waals surface area contributed by atoms with Crippen molar-refractivity contribution in [3.63, 3.8) is 0 Å². The first-order valence-corrected chi connectivity index (χ1v) is 7.48. The number of amides is 1. The topological polar surface area (TPSA) is 33.2 Å². The van der Waals surface area contributed by atoms with E-state index in [9.17, 15) is 4.79 Å². The lowest BCUT2D eigenvalue weighted by Crippen LogP contribution is -2.32. The minimum Gasteiger partial charge on any atom is -0.342 e. The summed E-state index contributed by atoms with van der Waals surface area (Å²) in [5, 5.41) is 3.07. The highest BCUT2D eigenvalue weighted by molar-refractivity contribution is 7.09. The van der Waals surface area contributed by atoms with E-state index >= 15 is 0 Å². The maximum atomic E-state index is 11.8. The van der Waals surface area contributed by atoms with Crippen LogP contribution in [0, 0.1) is 0 Å². The SMILES string of the molecule is O=C1CCCCCN1CCc1nc(CCl)cs1. The number of thiazole rings is 1. The van der Waals surface area contributed by atoms with Crippen LogP contribution in [-0.4, -0.2) is 28.9 Å².